The van der Waals surface area contributed by atoms with Crippen LogP contribution in [0, 0.1) is 0 Å². The van der Waals surface area contributed by atoms with Crippen molar-refractivity contribution in [1.29, 1.82) is 0 Å². The first-order chi connectivity index (χ1) is 11.5. The second-order valence-electron chi connectivity index (χ2n) is 6.30. The Kier molecular flexibility index (Phi) is 3.85. The highest BCUT2D eigenvalue weighted by molar-refractivity contribution is 8.26. The molecule has 1 aliphatic carbocycles. The SMILES string of the molecule is O=C(O)CN1C(=O)/C(=C/c2ccc3c(c2)C2CCCC2N3)SC1=S. The molecule has 0 spiro atoms. The number of rotatable bonds is 3. The highest BCUT2D eigenvalue weighted by atomic mass is 32.2. The largest absolute Gasteiger partial charge is 0.480 e. The van der Waals surface area contributed by atoms with Gasteiger partial charge in [0.15, 0.2) is 0 Å². The molecule has 1 saturated heterocycles. The van der Waals surface area contributed by atoms with Gasteiger partial charge >= 0.3 is 5.97 Å². The average Bonchev–Trinajstić information content (AvgIpc) is 3.18. The number of hydrogen-bond acceptors (Lipinski definition) is 5. The second-order valence-corrected chi connectivity index (χ2v) is 7.97. The van der Waals surface area contributed by atoms with Gasteiger partial charge in [-0.25, -0.2) is 0 Å². The van der Waals surface area contributed by atoms with E-state index in [0.29, 0.717) is 21.2 Å². The number of carboxylic acid groups (broad SMARTS) is 1. The first-order valence-electron chi connectivity index (χ1n) is 7.90. The Morgan fingerprint density at radius 1 is 1.46 bits per heavy atom. The van der Waals surface area contributed by atoms with Crippen molar-refractivity contribution in [2.75, 3.05) is 11.9 Å². The van der Waals surface area contributed by atoms with Crippen LogP contribution in [0.25, 0.3) is 6.08 Å². The number of hydrogen-bond donors (Lipinski definition) is 2. The molecule has 2 aliphatic heterocycles. The van der Waals surface area contributed by atoms with Crippen LogP contribution in [-0.2, 0) is 9.59 Å². The topological polar surface area (TPSA) is 69.6 Å². The number of carbonyl (C=O) groups is 2. The Hall–Kier alpha value is -1.86. The minimum Gasteiger partial charge on any atom is -0.480 e. The zero-order valence-corrected chi connectivity index (χ0v) is 14.5. The van der Waals surface area contributed by atoms with E-state index in [2.05, 4.69) is 17.4 Å². The number of fused-ring (bicyclic) bond motifs is 3. The van der Waals surface area contributed by atoms with Crippen LogP contribution in [0.3, 0.4) is 0 Å². The fraction of sp³-hybridized carbons (Fsp3) is 0.353. The molecule has 1 aromatic carbocycles. The lowest BCUT2D eigenvalue weighted by Gasteiger charge is -2.10. The molecule has 0 aromatic heterocycles. The fourth-order valence-corrected chi connectivity index (χ4v) is 4.99. The van der Waals surface area contributed by atoms with Crippen molar-refractivity contribution < 1.29 is 14.7 Å². The number of nitrogens with zero attached hydrogens (tertiary/aromatic N) is 1. The van der Waals surface area contributed by atoms with Crippen LogP contribution in [0.1, 0.15) is 36.3 Å². The van der Waals surface area contributed by atoms with Crippen LogP contribution in [0.5, 0.6) is 0 Å². The summed E-state index contributed by atoms with van der Waals surface area (Å²) in [6.07, 6.45) is 5.47. The van der Waals surface area contributed by atoms with Gasteiger partial charge < -0.3 is 10.4 Å². The van der Waals surface area contributed by atoms with Crippen LogP contribution in [-0.4, -0.2) is 38.8 Å². The summed E-state index contributed by atoms with van der Waals surface area (Å²) >= 11 is 6.29. The molecule has 24 heavy (non-hydrogen) atoms. The van der Waals surface area contributed by atoms with Crippen molar-refractivity contribution in [2.24, 2.45) is 0 Å². The maximum Gasteiger partial charge on any atom is 0.323 e. The highest BCUT2D eigenvalue weighted by Gasteiger charge is 2.36. The monoisotopic (exact) mass is 360 g/mol. The lowest BCUT2D eigenvalue weighted by Crippen LogP contribution is -2.33. The lowest BCUT2D eigenvalue weighted by atomic mass is 9.96. The summed E-state index contributed by atoms with van der Waals surface area (Å²) < 4.78 is 0.298. The standard InChI is InChI=1S/C17H16N2O3S2/c20-15(21)8-19-16(22)14(24-17(19)23)7-9-4-5-13-11(6-9)10-2-1-3-12(10)18-13/h4-7,10,12,18H,1-3,8H2,(H,20,21)/b14-7-. The predicted molar refractivity (Wildman–Crippen MR) is 98.0 cm³/mol. The Morgan fingerprint density at radius 3 is 3.08 bits per heavy atom. The summed E-state index contributed by atoms with van der Waals surface area (Å²) in [5.74, 6) is -0.830. The van der Waals surface area contributed by atoms with E-state index in [1.807, 2.05) is 12.1 Å². The van der Waals surface area contributed by atoms with Gasteiger partial charge in [0.05, 0.1) is 4.91 Å². The molecule has 5 nitrogen and oxygen atoms in total. The number of benzene rings is 1. The lowest BCUT2D eigenvalue weighted by molar-refractivity contribution is -0.140. The van der Waals surface area contributed by atoms with Crippen LogP contribution in [0.4, 0.5) is 5.69 Å². The van der Waals surface area contributed by atoms with E-state index < -0.39 is 5.97 Å². The molecule has 2 unspecified atom stereocenters. The summed E-state index contributed by atoms with van der Waals surface area (Å²) in [4.78, 5) is 24.8. The van der Waals surface area contributed by atoms with E-state index in [1.165, 1.54) is 30.5 Å². The van der Waals surface area contributed by atoms with E-state index in [1.54, 1.807) is 0 Å². The molecule has 3 aliphatic rings. The summed E-state index contributed by atoms with van der Waals surface area (Å²) in [6.45, 7) is -0.389. The number of amides is 1. The van der Waals surface area contributed by atoms with Crippen LogP contribution < -0.4 is 5.32 Å². The number of anilines is 1. The Morgan fingerprint density at radius 2 is 2.29 bits per heavy atom. The Balaban J connectivity index is 1.61. The molecule has 0 radical (unpaired) electrons. The summed E-state index contributed by atoms with van der Waals surface area (Å²) in [5, 5.41) is 12.5. The third-order valence-electron chi connectivity index (χ3n) is 4.80. The van der Waals surface area contributed by atoms with Gasteiger partial charge in [0.2, 0.25) is 0 Å². The summed E-state index contributed by atoms with van der Waals surface area (Å²) in [7, 11) is 0. The number of carboxylic acids is 1. The van der Waals surface area contributed by atoms with Gasteiger partial charge in [0.25, 0.3) is 5.91 Å². The Labute approximate surface area is 149 Å². The summed E-state index contributed by atoms with van der Waals surface area (Å²) in [6, 6.07) is 6.74. The molecule has 4 rings (SSSR count). The van der Waals surface area contributed by atoms with Gasteiger partial charge in [0, 0.05) is 17.6 Å². The molecule has 1 aromatic rings. The third-order valence-corrected chi connectivity index (χ3v) is 6.17. The van der Waals surface area contributed by atoms with Gasteiger partial charge in [-0.05, 0) is 42.2 Å². The fourth-order valence-electron chi connectivity index (χ4n) is 3.74. The number of thioether (sulfide) groups is 1. The average molecular weight is 360 g/mol. The molecule has 2 heterocycles. The number of carbonyl (C=O) groups excluding carboxylic acids is 1. The minimum atomic E-state index is -1.07. The van der Waals surface area contributed by atoms with Crippen molar-refractivity contribution in [3.05, 3.63) is 34.2 Å². The molecule has 2 fully saturated rings. The number of thiocarbonyl (C=S) groups is 1. The van der Waals surface area contributed by atoms with Crippen molar-refractivity contribution in [2.45, 2.75) is 31.2 Å². The van der Waals surface area contributed by atoms with Crippen LogP contribution in [0.2, 0.25) is 0 Å². The van der Waals surface area contributed by atoms with Gasteiger partial charge in [-0.1, -0.05) is 36.5 Å². The molecule has 0 bridgehead atoms. The van der Waals surface area contributed by atoms with Gasteiger partial charge in [-0.2, -0.15) is 0 Å². The van der Waals surface area contributed by atoms with Gasteiger partial charge in [0.1, 0.15) is 10.9 Å². The van der Waals surface area contributed by atoms with Crippen molar-refractivity contribution in [1.82, 2.24) is 4.90 Å². The Bertz CT molecular complexity index is 790. The van der Waals surface area contributed by atoms with Crippen LogP contribution in [0.15, 0.2) is 23.1 Å². The van der Waals surface area contributed by atoms with Crippen molar-refractivity contribution in [3.8, 4) is 0 Å². The molecule has 1 saturated carbocycles. The van der Waals surface area contributed by atoms with E-state index in [4.69, 9.17) is 17.3 Å². The quantitative estimate of drug-likeness (QED) is 0.638. The number of nitrogens with one attached hydrogen (secondary N) is 1. The predicted octanol–water partition coefficient (Wildman–Crippen LogP) is 3.03. The first kappa shape index (κ1) is 15.7. The molecule has 7 heteroatoms. The normalized spacial score (nSPS) is 26.7. The maximum absolute atomic E-state index is 12.3. The van der Waals surface area contributed by atoms with Crippen molar-refractivity contribution in [3.63, 3.8) is 0 Å². The molecule has 2 atom stereocenters. The zero-order chi connectivity index (χ0) is 16.8. The smallest absolute Gasteiger partial charge is 0.323 e. The summed E-state index contributed by atoms with van der Waals surface area (Å²) in [5.41, 5.74) is 3.48. The third kappa shape index (κ3) is 2.61. The van der Waals surface area contributed by atoms with E-state index in [9.17, 15) is 9.59 Å². The first-order valence-corrected chi connectivity index (χ1v) is 9.13. The van der Waals surface area contributed by atoms with E-state index in [-0.39, 0.29) is 12.5 Å². The zero-order valence-electron chi connectivity index (χ0n) is 12.8. The van der Waals surface area contributed by atoms with Crippen LogP contribution >= 0.6 is 24.0 Å². The van der Waals surface area contributed by atoms with Gasteiger partial charge in [-0.15, -0.1) is 0 Å². The van der Waals surface area contributed by atoms with E-state index >= 15 is 0 Å². The van der Waals surface area contributed by atoms with Crippen molar-refractivity contribution >= 4 is 51.9 Å². The number of aliphatic carboxylic acids is 1. The second kappa shape index (κ2) is 5.89. The highest BCUT2D eigenvalue weighted by Crippen LogP contribution is 2.45. The minimum absolute atomic E-state index is 0.298. The molecular formula is C17H16N2O3S2. The van der Waals surface area contributed by atoms with Gasteiger partial charge in [-0.3, -0.25) is 14.5 Å². The maximum atomic E-state index is 12.3. The molecule has 124 valence electrons. The van der Waals surface area contributed by atoms with E-state index in [0.717, 1.165) is 22.2 Å². The molecule has 1 amide bonds. The molecular weight excluding hydrogens is 344 g/mol. The molecule has 2 N–H and O–H groups in total.